The van der Waals surface area contributed by atoms with Crippen molar-refractivity contribution in [1.82, 2.24) is 15.3 Å². The molecule has 0 aromatic carbocycles. The van der Waals surface area contributed by atoms with Crippen LogP contribution in [-0.2, 0) is 0 Å². The number of fused-ring (bicyclic) bond motifs is 1. The Bertz CT molecular complexity index is 692. The van der Waals surface area contributed by atoms with Gasteiger partial charge in [-0.05, 0) is 39.0 Å². The average molecular weight is 336 g/mol. The van der Waals surface area contributed by atoms with Crippen molar-refractivity contribution >= 4 is 45.0 Å². The van der Waals surface area contributed by atoms with Crippen molar-refractivity contribution < 1.29 is 4.79 Å². The van der Waals surface area contributed by atoms with E-state index in [2.05, 4.69) is 20.2 Å². The van der Waals surface area contributed by atoms with Crippen LogP contribution in [0.1, 0.15) is 36.4 Å². The van der Waals surface area contributed by atoms with E-state index in [1.807, 2.05) is 26.2 Å². The molecule has 1 amide bonds. The van der Waals surface area contributed by atoms with Crippen LogP contribution in [-0.4, -0.2) is 41.3 Å². The molecule has 0 bridgehead atoms. The quantitative estimate of drug-likeness (QED) is 0.686. The Morgan fingerprint density at radius 1 is 1.36 bits per heavy atom. The minimum atomic E-state index is -0.0314. The summed E-state index contributed by atoms with van der Waals surface area (Å²) in [4.78, 5) is 25.4. The van der Waals surface area contributed by atoms with Crippen molar-refractivity contribution in [2.24, 2.45) is 0 Å². The van der Waals surface area contributed by atoms with Crippen LogP contribution in [0, 0.1) is 0 Å². The molecule has 22 heavy (non-hydrogen) atoms. The molecule has 0 radical (unpaired) electrons. The van der Waals surface area contributed by atoms with Crippen LogP contribution < -0.4 is 10.2 Å². The largest absolute Gasteiger partial charge is 0.356 e. The van der Waals surface area contributed by atoms with E-state index < -0.39 is 0 Å². The van der Waals surface area contributed by atoms with Crippen LogP contribution in [0.25, 0.3) is 10.2 Å². The Kier molecular flexibility index (Phi) is 4.54. The number of carbonyl (C=O) groups is 1. The zero-order valence-electron chi connectivity index (χ0n) is 13.0. The normalized spacial score (nSPS) is 15.0. The fourth-order valence-corrected chi connectivity index (χ4v) is 3.94. The second-order valence-electron chi connectivity index (χ2n) is 5.69. The van der Waals surface area contributed by atoms with E-state index in [1.54, 1.807) is 11.8 Å². The second-order valence-corrected chi connectivity index (χ2v) is 7.49. The lowest BCUT2D eigenvalue weighted by atomic mass is 10.3. The van der Waals surface area contributed by atoms with Gasteiger partial charge >= 0.3 is 0 Å². The first-order chi connectivity index (χ1) is 10.6. The van der Waals surface area contributed by atoms with Crippen LogP contribution in [0.4, 0.5) is 5.82 Å². The maximum absolute atomic E-state index is 12.2. The first kappa shape index (κ1) is 15.6. The van der Waals surface area contributed by atoms with Crippen molar-refractivity contribution in [2.75, 3.05) is 24.2 Å². The predicted molar refractivity (Wildman–Crippen MR) is 93.2 cm³/mol. The highest BCUT2D eigenvalue weighted by Crippen LogP contribution is 2.34. The number of nitrogens with zero attached hydrogens (tertiary/aromatic N) is 3. The number of aromatic nitrogens is 2. The number of thiophene rings is 1. The SMILES string of the molecule is CSc1nc(N2CCCC2)c2cc(C(=O)NC(C)C)sc2n1. The van der Waals surface area contributed by atoms with Gasteiger partial charge in [-0.3, -0.25) is 4.79 Å². The van der Waals surface area contributed by atoms with Crippen molar-refractivity contribution in [2.45, 2.75) is 37.9 Å². The van der Waals surface area contributed by atoms with Gasteiger partial charge in [0, 0.05) is 19.1 Å². The highest BCUT2D eigenvalue weighted by Gasteiger charge is 2.21. The molecule has 1 aliphatic heterocycles. The average Bonchev–Trinajstić information content (AvgIpc) is 3.14. The Morgan fingerprint density at radius 2 is 2.09 bits per heavy atom. The number of rotatable bonds is 4. The van der Waals surface area contributed by atoms with Crippen LogP contribution >= 0.6 is 23.1 Å². The van der Waals surface area contributed by atoms with Gasteiger partial charge in [-0.1, -0.05) is 11.8 Å². The number of hydrogen-bond donors (Lipinski definition) is 1. The van der Waals surface area contributed by atoms with Crippen molar-refractivity contribution in [1.29, 1.82) is 0 Å². The van der Waals surface area contributed by atoms with Crippen molar-refractivity contribution in [3.05, 3.63) is 10.9 Å². The van der Waals surface area contributed by atoms with Crippen molar-refractivity contribution in [3.8, 4) is 0 Å². The molecule has 0 aliphatic carbocycles. The third kappa shape index (κ3) is 3.05. The van der Waals surface area contributed by atoms with Gasteiger partial charge < -0.3 is 10.2 Å². The van der Waals surface area contributed by atoms with E-state index in [0.29, 0.717) is 4.88 Å². The molecular weight excluding hydrogens is 316 g/mol. The Morgan fingerprint density at radius 3 is 2.73 bits per heavy atom. The molecule has 1 fully saturated rings. The molecule has 0 unspecified atom stereocenters. The maximum Gasteiger partial charge on any atom is 0.261 e. The molecule has 118 valence electrons. The molecule has 3 heterocycles. The topological polar surface area (TPSA) is 58.1 Å². The lowest BCUT2D eigenvalue weighted by Gasteiger charge is -2.17. The molecule has 7 heteroatoms. The van der Waals surface area contributed by atoms with E-state index in [-0.39, 0.29) is 11.9 Å². The monoisotopic (exact) mass is 336 g/mol. The molecule has 1 aliphatic rings. The van der Waals surface area contributed by atoms with Gasteiger partial charge in [-0.15, -0.1) is 11.3 Å². The Labute approximate surface area is 138 Å². The summed E-state index contributed by atoms with van der Waals surface area (Å²) in [7, 11) is 0. The van der Waals surface area contributed by atoms with E-state index in [4.69, 9.17) is 0 Å². The van der Waals surface area contributed by atoms with E-state index >= 15 is 0 Å². The van der Waals surface area contributed by atoms with Gasteiger partial charge in [-0.25, -0.2) is 9.97 Å². The number of thioether (sulfide) groups is 1. The third-order valence-electron chi connectivity index (χ3n) is 3.58. The highest BCUT2D eigenvalue weighted by molar-refractivity contribution is 7.98. The minimum Gasteiger partial charge on any atom is -0.356 e. The summed E-state index contributed by atoms with van der Waals surface area (Å²) >= 11 is 2.99. The highest BCUT2D eigenvalue weighted by atomic mass is 32.2. The first-order valence-corrected chi connectivity index (χ1v) is 9.54. The molecule has 2 aromatic heterocycles. The van der Waals surface area contributed by atoms with Crippen LogP contribution in [0.2, 0.25) is 0 Å². The third-order valence-corrected chi connectivity index (χ3v) is 5.16. The molecule has 2 aromatic rings. The van der Waals surface area contributed by atoms with Gasteiger partial charge in [0.15, 0.2) is 5.16 Å². The molecule has 5 nitrogen and oxygen atoms in total. The smallest absolute Gasteiger partial charge is 0.261 e. The lowest BCUT2D eigenvalue weighted by Crippen LogP contribution is -2.29. The van der Waals surface area contributed by atoms with Crippen LogP contribution in [0.15, 0.2) is 11.2 Å². The predicted octanol–water partition coefficient (Wildman–Crippen LogP) is 3.15. The fraction of sp³-hybridized carbons (Fsp3) is 0.533. The number of carbonyl (C=O) groups excluding carboxylic acids is 1. The van der Waals surface area contributed by atoms with E-state index in [9.17, 15) is 4.79 Å². The molecule has 0 saturated carbocycles. The number of amides is 1. The fourth-order valence-electron chi connectivity index (χ4n) is 2.59. The minimum absolute atomic E-state index is 0.0314. The summed E-state index contributed by atoms with van der Waals surface area (Å²) < 4.78 is 0. The molecular formula is C15H20N4OS2. The van der Waals surface area contributed by atoms with Crippen LogP contribution in [0.3, 0.4) is 0 Å². The molecule has 1 N–H and O–H groups in total. The van der Waals surface area contributed by atoms with Gasteiger partial charge in [0.2, 0.25) is 0 Å². The zero-order chi connectivity index (χ0) is 15.7. The molecule has 1 saturated heterocycles. The molecule has 0 spiro atoms. The summed E-state index contributed by atoms with van der Waals surface area (Å²) in [5.74, 6) is 0.947. The Hall–Kier alpha value is -1.34. The summed E-state index contributed by atoms with van der Waals surface area (Å²) in [5.41, 5.74) is 0. The Balaban J connectivity index is 2.05. The van der Waals surface area contributed by atoms with Gasteiger partial charge in [0.25, 0.3) is 5.91 Å². The van der Waals surface area contributed by atoms with Gasteiger partial charge in [0.05, 0.1) is 10.3 Å². The standard InChI is InChI=1S/C15H20N4OS2/c1-9(2)16-13(20)11-8-10-12(19-6-4-5-7-19)17-15(21-3)18-14(10)22-11/h8-9H,4-7H2,1-3H3,(H,16,20). The second kappa shape index (κ2) is 6.42. The van der Waals surface area contributed by atoms with Gasteiger partial charge in [0.1, 0.15) is 10.6 Å². The summed E-state index contributed by atoms with van der Waals surface area (Å²) in [6.07, 6.45) is 4.38. The summed E-state index contributed by atoms with van der Waals surface area (Å²) in [6, 6.07) is 2.07. The summed E-state index contributed by atoms with van der Waals surface area (Å²) in [5, 5.41) is 4.71. The van der Waals surface area contributed by atoms with E-state index in [0.717, 1.165) is 34.3 Å². The zero-order valence-corrected chi connectivity index (χ0v) is 14.7. The first-order valence-electron chi connectivity index (χ1n) is 7.50. The number of anilines is 1. The molecule has 0 atom stereocenters. The maximum atomic E-state index is 12.2. The van der Waals surface area contributed by atoms with E-state index in [1.165, 1.54) is 24.2 Å². The summed E-state index contributed by atoms with van der Waals surface area (Å²) in [6.45, 7) is 5.99. The van der Waals surface area contributed by atoms with Crippen LogP contribution in [0.5, 0.6) is 0 Å². The van der Waals surface area contributed by atoms with Gasteiger partial charge in [-0.2, -0.15) is 0 Å². The van der Waals surface area contributed by atoms with Crippen molar-refractivity contribution in [3.63, 3.8) is 0 Å². The lowest BCUT2D eigenvalue weighted by molar-refractivity contribution is 0.0947. The number of nitrogens with one attached hydrogen (secondary N) is 1. The molecule has 3 rings (SSSR count). The number of hydrogen-bond acceptors (Lipinski definition) is 6.